The minimum absolute atomic E-state index is 0.0716. The van der Waals surface area contributed by atoms with E-state index in [0.717, 1.165) is 31.2 Å². The Labute approximate surface area is 126 Å². The summed E-state index contributed by atoms with van der Waals surface area (Å²) in [5, 5.41) is 0. The van der Waals surface area contributed by atoms with Crippen molar-refractivity contribution in [2.24, 2.45) is 5.73 Å². The van der Waals surface area contributed by atoms with Crippen LogP contribution in [0.4, 0.5) is 0 Å². The van der Waals surface area contributed by atoms with Crippen molar-refractivity contribution in [1.82, 2.24) is 4.31 Å². The molecule has 2 atom stereocenters. The third-order valence-corrected chi connectivity index (χ3v) is 6.09. The van der Waals surface area contributed by atoms with Crippen LogP contribution in [0.1, 0.15) is 24.8 Å². The highest BCUT2D eigenvalue weighted by molar-refractivity contribution is 7.89. The molecule has 2 aliphatic heterocycles. The monoisotopic (exact) mass is 310 g/mol. The summed E-state index contributed by atoms with van der Waals surface area (Å²) in [7, 11) is -3.40. The van der Waals surface area contributed by atoms with E-state index in [1.54, 1.807) is 16.4 Å². The van der Waals surface area contributed by atoms with Crippen LogP contribution < -0.4 is 5.73 Å². The molecule has 116 valence electrons. The normalized spacial score (nSPS) is 26.1. The molecule has 0 aromatic heterocycles. The molecule has 6 heteroatoms. The lowest BCUT2D eigenvalue weighted by atomic mass is 10.1. The van der Waals surface area contributed by atoms with Gasteiger partial charge in [-0.2, -0.15) is 4.31 Å². The van der Waals surface area contributed by atoms with Gasteiger partial charge in [-0.1, -0.05) is 12.1 Å². The van der Waals surface area contributed by atoms with Crippen LogP contribution in [0.25, 0.3) is 0 Å². The van der Waals surface area contributed by atoms with E-state index in [9.17, 15) is 8.42 Å². The summed E-state index contributed by atoms with van der Waals surface area (Å²) in [4.78, 5) is 0.375. The van der Waals surface area contributed by atoms with Crippen LogP contribution in [-0.2, 0) is 21.2 Å². The molecule has 0 spiro atoms. The molecule has 1 aromatic rings. The topological polar surface area (TPSA) is 72.6 Å². The fraction of sp³-hybridized carbons (Fsp3) is 0.600. The molecule has 0 aliphatic carbocycles. The minimum Gasteiger partial charge on any atom is -0.372 e. The molecular formula is C15H22N2O3S. The molecule has 2 fully saturated rings. The van der Waals surface area contributed by atoms with Gasteiger partial charge in [-0.25, -0.2) is 8.42 Å². The summed E-state index contributed by atoms with van der Waals surface area (Å²) in [5.74, 6) is 0. The predicted octanol–water partition coefficient (Wildman–Crippen LogP) is 1.13. The Morgan fingerprint density at radius 1 is 1.14 bits per heavy atom. The van der Waals surface area contributed by atoms with Crippen molar-refractivity contribution in [3.05, 3.63) is 29.8 Å². The fourth-order valence-corrected chi connectivity index (χ4v) is 4.56. The quantitative estimate of drug-likeness (QED) is 0.885. The highest BCUT2D eigenvalue weighted by Gasteiger charge is 2.39. The molecule has 0 radical (unpaired) electrons. The van der Waals surface area contributed by atoms with Gasteiger partial charge in [0, 0.05) is 13.1 Å². The van der Waals surface area contributed by atoms with Crippen molar-refractivity contribution in [3.63, 3.8) is 0 Å². The first-order valence-electron chi connectivity index (χ1n) is 7.54. The Hall–Kier alpha value is -0.950. The Bertz CT molecular complexity index is 573. The Kier molecular flexibility index (Phi) is 4.31. The van der Waals surface area contributed by atoms with Crippen LogP contribution >= 0.6 is 0 Å². The van der Waals surface area contributed by atoms with Crippen LogP contribution in [0, 0.1) is 0 Å². The van der Waals surface area contributed by atoms with Crippen molar-refractivity contribution < 1.29 is 13.2 Å². The lowest BCUT2D eigenvalue weighted by Gasteiger charge is -2.31. The van der Waals surface area contributed by atoms with Crippen molar-refractivity contribution >= 4 is 10.0 Å². The lowest BCUT2D eigenvalue weighted by Crippen LogP contribution is -2.45. The first kappa shape index (κ1) is 15.0. The highest BCUT2D eigenvalue weighted by Crippen LogP contribution is 2.29. The average molecular weight is 310 g/mol. The predicted molar refractivity (Wildman–Crippen MR) is 80.5 cm³/mol. The number of hydrogen-bond donors (Lipinski definition) is 1. The van der Waals surface area contributed by atoms with Crippen molar-refractivity contribution in [2.75, 3.05) is 19.6 Å². The van der Waals surface area contributed by atoms with Crippen molar-refractivity contribution in [2.45, 2.75) is 42.8 Å². The standard InChI is InChI=1S/C15H22N2O3S/c16-9-1-2-12-3-7-15(8-4-12)21(18,19)17-10-13-5-6-14(11-17)20-13/h3-4,7-8,13-14H,1-2,5-6,9-11,16H2. The SMILES string of the molecule is NCCCc1ccc(S(=O)(=O)N2CC3CCC(C2)O3)cc1. The van der Waals surface area contributed by atoms with Gasteiger partial charge in [0.05, 0.1) is 17.1 Å². The summed E-state index contributed by atoms with van der Waals surface area (Å²) in [6, 6.07) is 7.19. The first-order chi connectivity index (χ1) is 10.1. The number of nitrogens with zero attached hydrogens (tertiary/aromatic N) is 1. The Morgan fingerprint density at radius 3 is 2.33 bits per heavy atom. The van der Waals surface area contributed by atoms with Crippen molar-refractivity contribution in [3.8, 4) is 0 Å². The third kappa shape index (κ3) is 3.13. The summed E-state index contributed by atoms with van der Waals surface area (Å²) < 4.78 is 32.6. The number of benzene rings is 1. The molecule has 2 saturated heterocycles. The summed E-state index contributed by atoms with van der Waals surface area (Å²) in [6.07, 6.45) is 3.88. The van der Waals surface area contributed by atoms with Crippen LogP contribution in [0.3, 0.4) is 0 Å². The number of morpholine rings is 1. The molecule has 0 saturated carbocycles. The van der Waals surface area contributed by atoms with E-state index in [1.807, 2.05) is 12.1 Å². The van der Waals surface area contributed by atoms with Crippen LogP contribution in [0.2, 0.25) is 0 Å². The second-order valence-corrected chi connectivity index (χ2v) is 7.75. The molecular weight excluding hydrogens is 288 g/mol. The van der Waals surface area contributed by atoms with E-state index in [4.69, 9.17) is 10.5 Å². The average Bonchev–Trinajstić information content (AvgIpc) is 2.83. The van der Waals surface area contributed by atoms with Gasteiger partial charge in [-0.3, -0.25) is 0 Å². The van der Waals surface area contributed by atoms with Crippen LogP contribution in [0.15, 0.2) is 29.2 Å². The number of ether oxygens (including phenoxy) is 1. The van der Waals surface area contributed by atoms with Gasteiger partial charge in [-0.05, 0) is 49.9 Å². The van der Waals surface area contributed by atoms with Gasteiger partial charge in [0.2, 0.25) is 10.0 Å². The number of sulfonamides is 1. The van der Waals surface area contributed by atoms with Crippen LogP contribution in [0.5, 0.6) is 0 Å². The second kappa shape index (κ2) is 6.04. The van der Waals surface area contributed by atoms with E-state index < -0.39 is 10.0 Å². The largest absolute Gasteiger partial charge is 0.372 e. The number of fused-ring (bicyclic) bond motifs is 2. The van der Waals surface area contributed by atoms with Gasteiger partial charge in [0.25, 0.3) is 0 Å². The summed E-state index contributed by atoms with van der Waals surface area (Å²) in [6.45, 7) is 1.61. The summed E-state index contributed by atoms with van der Waals surface area (Å²) in [5.41, 5.74) is 6.62. The number of rotatable bonds is 5. The van der Waals surface area contributed by atoms with Crippen molar-refractivity contribution in [1.29, 1.82) is 0 Å². The molecule has 21 heavy (non-hydrogen) atoms. The van der Waals surface area contributed by atoms with E-state index in [2.05, 4.69) is 0 Å². The van der Waals surface area contributed by atoms with Gasteiger partial charge in [-0.15, -0.1) is 0 Å². The number of aryl methyl sites for hydroxylation is 1. The van der Waals surface area contributed by atoms with Gasteiger partial charge < -0.3 is 10.5 Å². The van der Waals surface area contributed by atoms with Crippen LogP contribution in [-0.4, -0.2) is 44.6 Å². The maximum Gasteiger partial charge on any atom is 0.243 e. The zero-order chi connectivity index (χ0) is 14.9. The zero-order valence-electron chi connectivity index (χ0n) is 12.1. The number of nitrogens with two attached hydrogens (primary N) is 1. The molecule has 2 aliphatic rings. The summed E-state index contributed by atoms with van der Waals surface area (Å²) >= 11 is 0. The zero-order valence-corrected chi connectivity index (χ0v) is 12.9. The highest BCUT2D eigenvalue weighted by atomic mass is 32.2. The molecule has 2 N–H and O–H groups in total. The van der Waals surface area contributed by atoms with E-state index in [1.165, 1.54) is 0 Å². The number of hydrogen-bond acceptors (Lipinski definition) is 4. The third-order valence-electron chi connectivity index (χ3n) is 4.24. The van der Waals surface area contributed by atoms with E-state index in [0.29, 0.717) is 24.5 Å². The Balaban J connectivity index is 1.75. The molecule has 2 heterocycles. The minimum atomic E-state index is -3.40. The molecule has 5 nitrogen and oxygen atoms in total. The van der Waals surface area contributed by atoms with Gasteiger partial charge in [0.1, 0.15) is 0 Å². The smallest absolute Gasteiger partial charge is 0.243 e. The molecule has 0 amide bonds. The maximum absolute atomic E-state index is 12.7. The molecule has 2 unspecified atom stereocenters. The first-order valence-corrected chi connectivity index (χ1v) is 8.98. The fourth-order valence-electron chi connectivity index (χ4n) is 3.06. The van der Waals surface area contributed by atoms with E-state index in [-0.39, 0.29) is 12.2 Å². The Morgan fingerprint density at radius 2 is 1.76 bits per heavy atom. The van der Waals surface area contributed by atoms with Gasteiger partial charge >= 0.3 is 0 Å². The maximum atomic E-state index is 12.7. The molecule has 1 aromatic carbocycles. The molecule has 3 rings (SSSR count). The lowest BCUT2D eigenvalue weighted by molar-refractivity contribution is -0.0114. The van der Waals surface area contributed by atoms with E-state index >= 15 is 0 Å². The molecule has 2 bridgehead atoms. The van der Waals surface area contributed by atoms with Gasteiger partial charge in [0.15, 0.2) is 0 Å². The second-order valence-electron chi connectivity index (χ2n) is 5.82.